The number of benzene rings is 3. The third-order valence-electron chi connectivity index (χ3n) is 6.04. The van der Waals surface area contributed by atoms with Crippen LogP contribution in [0.15, 0.2) is 54.6 Å². The number of methoxy groups -OCH3 is 1. The van der Waals surface area contributed by atoms with E-state index in [1.807, 2.05) is 32.3 Å². The van der Waals surface area contributed by atoms with Crippen LogP contribution in [0.5, 0.6) is 5.75 Å². The van der Waals surface area contributed by atoms with E-state index in [1.54, 1.807) is 30.3 Å². The highest BCUT2D eigenvalue weighted by Gasteiger charge is 2.21. The Bertz CT molecular complexity index is 1360. The maximum Gasteiger partial charge on any atom is 0.310 e. The van der Waals surface area contributed by atoms with Gasteiger partial charge in [0.1, 0.15) is 0 Å². The highest BCUT2D eigenvalue weighted by Crippen LogP contribution is 2.37. The minimum Gasteiger partial charge on any atom is -0.490 e. The van der Waals surface area contributed by atoms with Gasteiger partial charge in [-0.1, -0.05) is 12.1 Å². The summed E-state index contributed by atoms with van der Waals surface area (Å²) in [5.41, 5.74) is 4.47. The van der Waals surface area contributed by atoms with Gasteiger partial charge in [-0.25, -0.2) is 0 Å². The molecule has 0 radical (unpaired) electrons. The van der Waals surface area contributed by atoms with Crippen molar-refractivity contribution < 1.29 is 19.2 Å². The predicted octanol–water partition coefficient (Wildman–Crippen LogP) is 4.19. The molecule has 10 heteroatoms. The Hall–Kier alpha value is -4.44. The van der Waals surface area contributed by atoms with Crippen molar-refractivity contribution >= 4 is 34.6 Å². The number of nitrogens with one attached hydrogen (secondary N) is 3. The number of ether oxygens (including phenoxy) is 1. The highest BCUT2D eigenvalue weighted by atomic mass is 16.6. The molecule has 0 saturated heterocycles. The maximum atomic E-state index is 13.0. The molecule has 37 heavy (non-hydrogen) atoms. The quantitative estimate of drug-likeness (QED) is 0.227. The Labute approximate surface area is 214 Å². The summed E-state index contributed by atoms with van der Waals surface area (Å²) in [6, 6.07) is 15.4. The first kappa shape index (κ1) is 25.6. The second kappa shape index (κ2) is 11.1. The van der Waals surface area contributed by atoms with Crippen LogP contribution >= 0.6 is 0 Å². The molecule has 0 spiro atoms. The van der Waals surface area contributed by atoms with Crippen LogP contribution in [0.4, 0.5) is 22.7 Å². The molecule has 0 atom stereocenters. The van der Waals surface area contributed by atoms with Crippen molar-refractivity contribution in [2.45, 2.75) is 12.8 Å². The minimum atomic E-state index is -0.494. The number of anilines is 3. The van der Waals surface area contributed by atoms with Gasteiger partial charge >= 0.3 is 5.69 Å². The summed E-state index contributed by atoms with van der Waals surface area (Å²) in [6.45, 7) is 1.51. The number of amides is 2. The number of nitro benzene ring substituents is 1. The molecule has 1 aliphatic heterocycles. The Morgan fingerprint density at radius 2 is 1.76 bits per heavy atom. The van der Waals surface area contributed by atoms with Gasteiger partial charge in [0, 0.05) is 12.6 Å². The average molecular weight is 504 g/mol. The van der Waals surface area contributed by atoms with Gasteiger partial charge < -0.3 is 25.6 Å². The van der Waals surface area contributed by atoms with Gasteiger partial charge in [-0.2, -0.15) is 0 Å². The lowest BCUT2D eigenvalue weighted by atomic mass is 10.0. The Balaban J connectivity index is 1.53. The molecule has 1 aliphatic rings. The summed E-state index contributed by atoms with van der Waals surface area (Å²) in [5, 5.41) is 20.4. The number of rotatable bonds is 9. The van der Waals surface area contributed by atoms with Crippen molar-refractivity contribution in [1.29, 1.82) is 0 Å². The van der Waals surface area contributed by atoms with Crippen LogP contribution < -0.4 is 20.7 Å². The molecule has 192 valence electrons. The first-order chi connectivity index (χ1) is 17.7. The number of fused-ring (bicyclic) bond motifs is 2. The fourth-order valence-corrected chi connectivity index (χ4v) is 4.15. The smallest absolute Gasteiger partial charge is 0.310 e. The van der Waals surface area contributed by atoms with E-state index >= 15 is 0 Å². The topological polar surface area (TPSA) is 126 Å². The molecule has 10 nitrogen and oxygen atoms in total. The van der Waals surface area contributed by atoms with Crippen LogP contribution in [-0.4, -0.2) is 55.9 Å². The summed E-state index contributed by atoms with van der Waals surface area (Å²) in [7, 11) is 5.37. The molecule has 3 N–H and O–H groups in total. The summed E-state index contributed by atoms with van der Waals surface area (Å²) in [6.07, 6.45) is 1.08. The second-order valence-electron chi connectivity index (χ2n) is 9.05. The van der Waals surface area contributed by atoms with Gasteiger partial charge in [-0.3, -0.25) is 19.7 Å². The first-order valence-electron chi connectivity index (χ1n) is 11.8. The van der Waals surface area contributed by atoms with Gasteiger partial charge in [0.2, 0.25) is 5.91 Å². The van der Waals surface area contributed by atoms with E-state index in [1.165, 1.54) is 13.2 Å². The molecular formula is C27H29N5O5. The number of carbonyl (C=O) groups is 2. The number of nitro groups is 1. The lowest BCUT2D eigenvalue weighted by Crippen LogP contribution is -2.28. The highest BCUT2D eigenvalue weighted by molar-refractivity contribution is 6.12. The average Bonchev–Trinajstić information content (AvgIpc) is 3.00. The van der Waals surface area contributed by atoms with E-state index in [9.17, 15) is 19.7 Å². The number of hydrogen-bond acceptors (Lipinski definition) is 7. The number of carbonyl (C=O) groups excluding carboxylic acids is 2. The van der Waals surface area contributed by atoms with Gasteiger partial charge in [0.25, 0.3) is 5.91 Å². The molecule has 0 aliphatic carbocycles. The molecule has 0 aromatic heterocycles. The van der Waals surface area contributed by atoms with Crippen LogP contribution in [0.1, 0.15) is 22.3 Å². The van der Waals surface area contributed by atoms with E-state index < -0.39 is 4.92 Å². The zero-order valence-corrected chi connectivity index (χ0v) is 21.0. The summed E-state index contributed by atoms with van der Waals surface area (Å²) < 4.78 is 5.19. The van der Waals surface area contributed by atoms with E-state index in [4.69, 9.17) is 4.74 Å². The van der Waals surface area contributed by atoms with Crippen molar-refractivity contribution in [2.75, 3.05) is 44.9 Å². The monoisotopic (exact) mass is 503 g/mol. The molecular weight excluding hydrogens is 474 g/mol. The molecule has 0 fully saturated rings. The third-order valence-corrected chi connectivity index (χ3v) is 6.04. The SMILES string of the molecule is COc1cc(-c2ccc3c(c2)Nc2ccc(CC(=O)NCCCN(C)C)cc2NC3=O)ccc1[N+](=O)[O-]. The lowest BCUT2D eigenvalue weighted by Gasteiger charge is -2.12. The van der Waals surface area contributed by atoms with E-state index in [2.05, 4.69) is 20.9 Å². The van der Waals surface area contributed by atoms with E-state index in [0.29, 0.717) is 34.7 Å². The van der Waals surface area contributed by atoms with Crippen LogP contribution in [0.25, 0.3) is 11.1 Å². The number of hydrogen-bond donors (Lipinski definition) is 3. The minimum absolute atomic E-state index is 0.0712. The zero-order valence-electron chi connectivity index (χ0n) is 21.0. The van der Waals surface area contributed by atoms with Crippen molar-refractivity contribution in [3.8, 4) is 16.9 Å². The molecule has 2 amide bonds. The standard InChI is InChI=1S/C27H29N5O5/c1-31(2)12-4-11-28-26(33)14-17-5-9-21-23(13-17)30-27(34)20-8-6-18(15-22(20)29-21)19-7-10-24(32(35)36)25(16-19)37-3/h5-10,13,15-16,29H,4,11-12,14H2,1-3H3,(H,28,33)(H,30,34). The van der Waals surface area contributed by atoms with Gasteiger partial charge in [-0.05, 0) is 80.1 Å². The van der Waals surface area contributed by atoms with Crippen molar-refractivity contribution in [1.82, 2.24) is 10.2 Å². The van der Waals surface area contributed by atoms with Crippen molar-refractivity contribution in [3.63, 3.8) is 0 Å². The van der Waals surface area contributed by atoms with Crippen LogP contribution in [0.2, 0.25) is 0 Å². The fourth-order valence-electron chi connectivity index (χ4n) is 4.15. The molecule has 1 heterocycles. The molecule has 0 saturated carbocycles. The molecule has 3 aromatic rings. The normalized spacial score (nSPS) is 12.1. The fraction of sp³-hybridized carbons (Fsp3) is 0.259. The van der Waals surface area contributed by atoms with E-state index in [0.717, 1.165) is 24.1 Å². The van der Waals surface area contributed by atoms with Crippen LogP contribution in [-0.2, 0) is 11.2 Å². The van der Waals surface area contributed by atoms with Gasteiger partial charge in [0.05, 0.1) is 41.1 Å². The Kier molecular flexibility index (Phi) is 7.69. The van der Waals surface area contributed by atoms with Crippen molar-refractivity contribution in [3.05, 3.63) is 75.8 Å². The van der Waals surface area contributed by atoms with Gasteiger partial charge in [-0.15, -0.1) is 0 Å². The largest absolute Gasteiger partial charge is 0.490 e. The molecule has 0 unspecified atom stereocenters. The van der Waals surface area contributed by atoms with Gasteiger partial charge in [0.15, 0.2) is 5.75 Å². The summed E-state index contributed by atoms with van der Waals surface area (Å²) in [5.74, 6) is -0.194. The van der Waals surface area contributed by atoms with Crippen LogP contribution in [0.3, 0.4) is 0 Å². The Morgan fingerprint density at radius 3 is 2.49 bits per heavy atom. The second-order valence-corrected chi connectivity index (χ2v) is 9.05. The molecule has 3 aromatic carbocycles. The Morgan fingerprint density at radius 1 is 1.00 bits per heavy atom. The lowest BCUT2D eigenvalue weighted by molar-refractivity contribution is -0.385. The first-order valence-corrected chi connectivity index (χ1v) is 11.8. The third kappa shape index (κ3) is 6.04. The zero-order chi connectivity index (χ0) is 26.5. The molecule has 4 rings (SSSR count). The maximum absolute atomic E-state index is 13.0. The number of nitrogens with zero attached hydrogens (tertiary/aromatic N) is 2. The summed E-state index contributed by atoms with van der Waals surface area (Å²) >= 11 is 0. The van der Waals surface area contributed by atoms with E-state index in [-0.39, 0.29) is 29.7 Å². The van der Waals surface area contributed by atoms with Crippen molar-refractivity contribution in [2.24, 2.45) is 0 Å². The molecule has 0 bridgehead atoms. The van der Waals surface area contributed by atoms with Crippen LogP contribution in [0, 0.1) is 10.1 Å². The predicted molar refractivity (Wildman–Crippen MR) is 143 cm³/mol. The summed E-state index contributed by atoms with van der Waals surface area (Å²) in [4.78, 5) is 38.1.